The van der Waals surface area contributed by atoms with Crippen LogP contribution in [-0.4, -0.2) is 127 Å². The second-order valence-corrected chi connectivity index (χ2v) is 11.9. The summed E-state index contributed by atoms with van der Waals surface area (Å²) >= 11 is 0. The number of hydrogen-bond donors (Lipinski definition) is 2. The van der Waals surface area contributed by atoms with Crippen molar-refractivity contribution in [2.45, 2.75) is 18.9 Å². The first kappa shape index (κ1) is 38.6. The van der Waals surface area contributed by atoms with E-state index in [4.69, 9.17) is 36.7 Å². The number of terminal acetylenes is 1. The van der Waals surface area contributed by atoms with Gasteiger partial charge in [-0.05, 0) is 12.8 Å². The van der Waals surface area contributed by atoms with Gasteiger partial charge in [0.15, 0.2) is 5.82 Å². The van der Waals surface area contributed by atoms with E-state index in [1.807, 2.05) is 30.3 Å². The van der Waals surface area contributed by atoms with Gasteiger partial charge in [0.2, 0.25) is 5.82 Å². The monoisotopic (exact) mass is 726 g/mol. The molecule has 1 atom stereocenters. The number of rotatable bonds is 20. The second kappa shape index (κ2) is 19.8. The van der Waals surface area contributed by atoms with Crippen LogP contribution in [0.25, 0.3) is 21.6 Å². The third-order valence-corrected chi connectivity index (χ3v) is 8.61. The van der Waals surface area contributed by atoms with Gasteiger partial charge in [-0.2, -0.15) is 4.68 Å². The summed E-state index contributed by atoms with van der Waals surface area (Å²) in [6.07, 6.45) is 10.5. The standard InChI is InChI=1S/C37H42N8O8/c1-4-15-50-17-19-52-21-22-53-20-18-51-16-12-39-36(47)34-42-25-45(43-34)35-32-30(29(49-3)24-41-35)28(23-40-32)33(46)37(48)44-13-10-27(11-14-44)31(38-2)26-8-6-5-7-9-26/h1,5-9,23-25,27,31,40H,10-22H2,3H3,(H,39,47). The van der Waals surface area contributed by atoms with Crippen LogP contribution in [0.2, 0.25) is 0 Å². The van der Waals surface area contributed by atoms with Crippen molar-refractivity contribution in [1.29, 1.82) is 0 Å². The molecule has 53 heavy (non-hydrogen) atoms. The number of Topliss-reactive ketones (excluding diaryl/α,β-unsaturated/α-hetero) is 1. The minimum Gasteiger partial charge on any atom is -0.494 e. The number of nitrogens with one attached hydrogen (secondary N) is 2. The lowest BCUT2D eigenvalue weighted by Crippen LogP contribution is -2.42. The first-order valence-corrected chi connectivity index (χ1v) is 17.2. The van der Waals surface area contributed by atoms with Gasteiger partial charge in [0.25, 0.3) is 23.6 Å². The molecule has 1 aromatic carbocycles. The lowest BCUT2D eigenvalue weighted by molar-refractivity contribution is -0.127. The average molecular weight is 727 g/mol. The molecule has 5 rings (SSSR count). The summed E-state index contributed by atoms with van der Waals surface area (Å²) in [7, 11) is 1.44. The minimum atomic E-state index is -0.699. The number of piperidine rings is 1. The molecule has 4 heterocycles. The number of carbonyl (C=O) groups is 3. The van der Waals surface area contributed by atoms with Crippen LogP contribution in [-0.2, 0) is 23.7 Å². The number of H-pyrrole nitrogens is 1. The van der Waals surface area contributed by atoms with E-state index in [-0.39, 0.29) is 54.7 Å². The number of likely N-dealkylation sites (tertiary alicyclic amines) is 1. The maximum atomic E-state index is 13.6. The SMILES string of the molecule is [C-]#[N+]C(c1ccccc1)C1CCN(C(=O)C(=O)c2c[nH]c3c(-n4cnc(C(=O)NCCOCCOCCOCCOCC#C)n4)ncc(OC)c23)CC1. The van der Waals surface area contributed by atoms with E-state index in [0.29, 0.717) is 76.5 Å². The maximum Gasteiger partial charge on any atom is 0.295 e. The molecule has 0 spiro atoms. The molecule has 2 amide bonds. The Morgan fingerprint density at radius 1 is 1.02 bits per heavy atom. The number of benzene rings is 1. The van der Waals surface area contributed by atoms with Crippen molar-refractivity contribution in [3.8, 4) is 23.9 Å². The number of pyridine rings is 1. The van der Waals surface area contributed by atoms with Crippen LogP contribution in [0, 0.1) is 24.8 Å². The number of fused-ring (bicyclic) bond motifs is 1. The number of hydrogen-bond acceptors (Lipinski definition) is 11. The van der Waals surface area contributed by atoms with Gasteiger partial charge in [-0.15, -0.1) is 11.5 Å². The fourth-order valence-electron chi connectivity index (χ4n) is 5.97. The largest absolute Gasteiger partial charge is 0.494 e. The summed E-state index contributed by atoms with van der Waals surface area (Å²) in [6.45, 7) is 11.7. The van der Waals surface area contributed by atoms with Crippen molar-refractivity contribution >= 4 is 28.5 Å². The number of ketones is 1. The van der Waals surface area contributed by atoms with Gasteiger partial charge >= 0.3 is 0 Å². The van der Waals surface area contributed by atoms with Crippen molar-refractivity contribution in [2.24, 2.45) is 5.92 Å². The molecular formula is C37H42N8O8. The molecule has 1 saturated heterocycles. The molecule has 16 heteroatoms. The van der Waals surface area contributed by atoms with Gasteiger partial charge in [-0.1, -0.05) is 36.3 Å². The highest BCUT2D eigenvalue weighted by Gasteiger charge is 2.35. The van der Waals surface area contributed by atoms with Crippen molar-refractivity contribution in [1.82, 2.24) is 34.9 Å². The number of ether oxygens (including phenoxy) is 5. The smallest absolute Gasteiger partial charge is 0.295 e. The molecule has 2 N–H and O–H groups in total. The molecule has 0 radical (unpaired) electrons. The molecule has 1 fully saturated rings. The first-order chi connectivity index (χ1) is 26.0. The summed E-state index contributed by atoms with van der Waals surface area (Å²) in [5.74, 6) is 1.04. The van der Waals surface area contributed by atoms with Crippen molar-refractivity contribution in [3.63, 3.8) is 0 Å². The number of amides is 2. The van der Waals surface area contributed by atoms with Crippen LogP contribution < -0.4 is 10.1 Å². The van der Waals surface area contributed by atoms with Gasteiger partial charge in [0.05, 0.1) is 76.0 Å². The number of nitrogens with zero attached hydrogens (tertiary/aromatic N) is 6. The highest BCUT2D eigenvalue weighted by atomic mass is 16.6. The van der Waals surface area contributed by atoms with Crippen molar-refractivity contribution < 1.29 is 38.1 Å². The number of aromatic nitrogens is 5. The summed E-state index contributed by atoms with van der Waals surface area (Å²) in [6, 6.07) is 9.36. The van der Waals surface area contributed by atoms with E-state index in [1.54, 1.807) is 4.90 Å². The van der Waals surface area contributed by atoms with E-state index in [9.17, 15) is 14.4 Å². The normalized spacial score (nSPS) is 13.7. The Balaban J connectivity index is 1.12. The van der Waals surface area contributed by atoms with Crippen LogP contribution in [0.1, 0.15) is 45.4 Å². The summed E-state index contributed by atoms with van der Waals surface area (Å²) in [4.78, 5) is 56.8. The Bertz CT molecular complexity index is 1910. The van der Waals surface area contributed by atoms with Crippen LogP contribution in [0.3, 0.4) is 0 Å². The Hall–Kier alpha value is -5.65. The molecule has 0 saturated carbocycles. The molecule has 3 aromatic heterocycles. The zero-order chi connectivity index (χ0) is 37.4. The zero-order valence-corrected chi connectivity index (χ0v) is 29.5. The predicted molar refractivity (Wildman–Crippen MR) is 191 cm³/mol. The molecular weight excluding hydrogens is 684 g/mol. The first-order valence-electron chi connectivity index (χ1n) is 17.2. The van der Waals surface area contributed by atoms with E-state index < -0.39 is 17.6 Å². The Morgan fingerprint density at radius 3 is 2.36 bits per heavy atom. The average Bonchev–Trinajstić information content (AvgIpc) is 3.87. The van der Waals surface area contributed by atoms with E-state index in [2.05, 4.69) is 36.1 Å². The van der Waals surface area contributed by atoms with E-state index in [1.165, 1.54) is 30.5 Å². The van der Waals surface area contributed by atoms with Gasteiger partial charge in [-0.3, -0.25) is 14.4 Å². The molecule has 4 aromatic rings. The molecule has 16 nitrogen and oxygen atoms in total. The van der Waals surface area contributed by atoms with Gasteiger partial charge in [-0.25, -0.2) is 16.5 Å². The van der Waals surface area contributed by atoms with Crippen LogP contribution in [0.5, 0.6) is 5.75 Å². The van der Waals surface area contributed by atoms with Crippen LogP contribution >= 0.6 is 0 Å². The zero-order valence-electron chi connectivity index (χ0n) is 29.5. The molecule has 0 aliphatic carbocycles. The molecule has 1 aliphatic heterocycles. The predicted octanol–water partition coefficient (Wildman–Crippen LogP) is 2.66. The quantitative estimate of drug-likeness (QED) is 0.0450. The third kappa shape index (κ3) is 10.0. The summed E-state index contributed by atoms with van der Waals surface area (Å²) in [5, 5.41) is 7.34. The van der Waals surface area contributed by atoms with E-state index in [0.717, 1.165) is 5.56 Å². The van der Waals surface area contributed by atoms with Gasteiger partial charge in [0, 0.05) is 37.3 Å². The lowest BCUT2D eigenvalue weighted by Gasteiger charge is -2.31. The Labute approximate surface area is 306 Å². The van der Waals surface area contributed by atoms with Crippen molar-refractivity contribution in [2.75, 3.05) is 79.6 Å². The fraction of sp³-hybridized carbons (Fsp3) is 0.432. The van der Waals surface area contributed by atoms with Crippen molar-refractivity contribution in [3.05, 3.63) is 77.4 Å². The molecule has 278 valence electrons. The van der Waals surface area contributed by atoms with Gasteiger partial charge < -0.3 is 43.7 Å². The number of aromatic amines is 1. The lowest BCUT2D eigenvalue weighted by atomic mass is 9.85. The minimum absolute atomic E-state index is 0.0813. The van der Waals surface area contributed by atoms with Crippen LogP contribution in [0.4, 0.5) is 0 Å². The van der Waals surface area contributed by atoms with Crippen LogP contribution in [0.15, 0.2) is 49.1 Å². The fourth-order valence-corrected chi connectivity index (χ4v) is 5.97. The van der Waals surface area contributed by atoms with E-state index >= 15 is 0 Å². The number of methoxy groups -OCH3 is 1. The summed E-state index contributed by atoms with van der Waals surface area (Å²) in [5.41, 5.74) is 1.45. The summed E-state index contributed by atoms with van der Waals surface area (Å²) < 4.78 is 28.2. The Morgan fingerprint density at radius 2 is 1.70 bits per heavy atom. The molecule has 1 aliphatic rings. The third-order valence-electron chi connectivity index (χ3n) is 8.61. The Kier molecular flexibility index (Phi) is 14.4. The van der Waals surface area contributed by atoms with Gasteiger partial charge in [0.1, 0.15) is 18.7 Å². The molecule has 1 unspecified atom stereocenters. The highest BCUT2D eigenvalue weighted by molar-refractivity contribution is 6.45. The second-order valence-electron chi connectivity index (χ2n) is 11.9. The maximum absolute atomic E-state index is 13.6. The number of carbonyl (C=O) groups excluding carboxylic acids is 3. The molecule has 0 bridgehead atoms. The topological polar surface area (TPSA) is 176 Å². The highest BCUT2D eigenvalue weighted by Crippen LogP contribution is 2.35.